The van der Waals surface area contributed by atoms with Crippen LogP contribution in [0.5, 0.6) is 0 Å². The molecular formula is C14H10N3+. The summed E-state index contributed by atoms with van der Waals surface area (Å²) in [4.78, 5) is 11.0. The van der Waals surface area contributed by atoms with Crippen molar-refractivity contribution in [3.05, 3.63) is 48.9 Å². The lowest BCUT2D eigenvalue weighted by Crippen LogP contribution is -2.02. The molecule has 2 N–H and O–H groups in total. The summed E-state index contributed by atoms with van der Waals surface area (Å²) in [6.45, 7) is 0. The predicted molar refractivity (Wildman–Crippen MR) is 67.7 cm³/mol. The first-order valence-electron chi connectivity index (χ1n) is 5.59. The minimum atomic E-state index is 1.02. The Labute approximate surface area is 97.1 Å². The molecule has 0 amide bonds. The number of pyridine rings is 2. The van der Waals surface area contributed by atoms with Gasteiger partial charge in [-0.15, -0.1) is 0 Å². The summed E-state index contributed by atoms with van der Waals surface area (Å²) in [5.41, 5.74) is 3.23. The van der Waals surface area contributed by atoms with E-state index in [0.29, 0.717) is 0 Å². The lowest BCUT2D eigenvalue weighted by Gasteiger charge is -1.99. The Morgan fingerprint density at radius 2 is 2.12 bits per heavy atom. The molecule has 80 valence electrons. The van der Waals surface area contributed by atoms with Gasteiger partial charge in [0.15, 0.2) is 6.20 Å². The molecule has 0 unspecified atom stereocenters. The summed E-state index contributed by atoms with van der Waals surface area (Å²) < 4.78 is 0. The average Bonchev–Trinajstić information content (AvgIpc) is 2.86. The third-order valence-corrected chi connectivity index (χ3v) is 3.20. The fourth-order valence-electron chi connectivity index (χ4n) is 2.41. The van der Waals surface area contributed by atoms with Gasteiger partial charge in [-0.3, -0.25) is 4.98 Å². The van der Waals surface area contributed by atoms with Crippen molar-refractivity contribution < 1.29 is 4.98 Å². The summed E-state index contributed by atoms with van der Waals surface area (Å²) in [6, 6.07) is 10.4. The molecule has 0 aliphatic carbocycles. The van der Waals surface area contributed by atoms with Crippen LogP contribution in [0, 0.1) is 0 Å². The molecule has 4 rings (SSSR count). The highest BCUT2D eigenvalue weighted by atomic mass is 14.7. The highest BCUT2D eigenvalue weighted by Gasteiger charge is 2.10. The molecule has 0 radical (unpaired) electrons. The zero-order valence-electron chi connectivity index (χ0n) is 9.07. The van der Waals surface area contributed by atoms with Crippen molar-refractivity contribution in [1.29, 1.82) is 0 Å². The number of aromatic amines is 2. The minimum absolute atomic E-state index is 1.02. The Morgan fingerprint density at radius 3 is 3.12 bits per heavy atom. The maximum absolute atomic E-state index is 4.48. The van der Waals surface area contributed by atoms with Gasteiger partial charge < -0.3 is 4.98 Å². The molecular weight excluding hydrogens is 210 g/mol. The number of hydrogen-bond donors (Lipinski definition) is 1. The van der Waals surface area contributed by atoms with Gasteiger partial charge >= 0.3 is 0 Å². The van der Waals surface area contributed by atoms with Crippen LogP contribution in [0.2, 0.25) is 0 Å². The normalized spacial score (nSPS) is 11.5. The van der Waals surface area contributed by atoms with E-state index in [0.717, 1.165) is 16.6 Å². The number of aromatic nitrogens is 3. The van der Waals surface area contributed by atoms with Gasteiger partial charge in [0, 0.05) is 23.0 Å². The Hall–Kier alpha value is -2.42. The van der Waals surface area contributed by atoms with Gasteiger partial charge in [0.1, 0.15) is 0 Å². The number of fused-ring (bicyclic) bond motifs is 5. The SMILES string of the molecule is c1c[nH+]c2c(c1)ccc1ncc3[nH]ccc3c12. The summed E-state index contributed by atoms with van der Waals surface area (Å²) in [5.74, 6) is 0. The van der Waals surface area contributed by atoms with E-state index in [9.17, 15) is 0 Å². The molecule has 3 aromatic heterocycles. The number of rotatable bonds is 0. The van der Waals surface area contributed by atoms with Crippen molar-refractivity contribution in [2.75, 3.05) is 0 Å². The summed E-state index contributed by atoms with van der Waals surface area (Å²) in [7, 11) is 0. The average molecular weight is 220 g/mol. The van der Waals surface area contributed by atoms with E-state index in [4.69, 9.17) is 0 Å². The fraction of sp³-hybridized carbons (Fsp3) is 0. The minimum Gasteiger partial charge on any atom is -0.360 e. The molecule has 0 bridgehead atoms. The lowest BCUT2D eigenvalue weighted by atomic mass is 10.1. The van der Waals surface area contributed by atoms with Gasteiger partial charge in [0.05, 0.1) is 22.6 Å². The zero-order valence-corrected chi connectivity index (χ0v) is 9.07. The second kappa shape index (κ2) is 3.04. The van der Waals surface area contributed by atoms with Crippen molar-refractivity contribution in [3.8, 4) is 0 Å². The maximum Gasteiger partial charge on any atom is 0.220 e. The molecule has 1 aromatic carbocycles. The number of nitrogens with one attached hydrogen (secondary N) is 2. The maximum atomic E-state index is 4.48. The second-order valence-corrected chi connectivity index (χ2v) is 4.16. The molecule has 3 heterocycles. The number of nitrogens with zero attached hydrogens (tertiary/aromatic N) is 1. The van der Waals surface area contributed by atoms with E-state index in [1.165, 1.54) is 16.2 Å². The van der Waals surface area contributed by atoms with Crippen LogP contribution in [0.15, 0.2) is 48.9 Å². The molecule has 4 aromatic rings. The van der Waals surface area contributed by atoms with Gasteiger partial charge in [-0.25, -0.2) is 4.98 Å². The highest BCUT2D eigenvalue weighted by molar-refractivity contribution is 6.15. The lowest BCUT2D eigenvalue weighted by molar-refractivity contribution is -0.343. The fourth-order valence-corrected chi connectivity index (χ4v) is 2.41. The van der Waals surface area contributed by atoms with E-state index in [1.807, 2.05) is 24.7 Å². The van der Waals surface area contributed by atoms with E-state index >= 15 is 0 Å². The van der Waals surface area contributed by atoms with Crippen LogP contribution in [-0.4, -0.2) is 9.97 Å². The van der Waals surface area contributed by atoms with Gasteiger partial charge in [0.25, 0.3) is 0 Å². The number of hydrogen-bond acceptors (Lipinski definition) is 1. The summed E-state index contributed by atoms with van der Waals surface area (Å²) in [5, 5.41) is 3.60. The quantitative estimate of drug-likeness (QED) is 0.455. The second-order valence-electron chi connectivity index (χ2n) is 4.16. The van der Waals surface area contributed by atoms with E-state index in [1.54, 1.807) is 0 Å². The Bertz CT molecular complexity index is 846. The Morgan fingerprint density at radius 1 is 1.12 bits per heavy atom. The van der Waals surface area contributed by atoms with Crippen LogP contribution >= 0.6 is 0 Å². The number of H-pyrrole nitrogens is 2. The molecule has 17 heavy (non-hydrogen) atoms. The van der Waals surface area contributed by atoms with Crippen molar-refractivity contribution in [1.82, 2.24) is 9.97 Å². The van der Waals surface area contributed by atoms with Crippen molar-refractivity contribution >= 4 is 32.7 Å². The van der Waals surface area contributed by atoms with Crippen molar-refractivity contribution in [2.45, 2.75) is 0 Å². The van der Waals surface area contributed by atoms with Crippen LogP contribution in [0.3, 0.4) is 0 Å². The largest absolute Gasteiger partial charge is 0.360 e. The van der Waals surface area contributed by atoms with Crippen LogP contribution in [-0.2, 0) is 0 Å². The van der Waals surface area contributed by atoms with Crippen LogP contribution in [0.1, 0.15) is 0 Å². The van der Waals surface area contributed by atoms with E-state index < -0.39 is 0 Å². The highest BCUT2D eigenvalue weighted by Crippen LogP contribution is 2.27. The standard InChI is InChI=1S/C14H9N3/c1-2-9-3-4-11-13(14(9)16-6-1)10-5-7-15-12(10)8-17-11/h1-8,15H/p+1. The smallest absolute Gasteiger partial charge is 0.220 e. The summed E-state index contributed by atoms with van der Waals surface area (Å²) >= 11 is 0. The molecule has 3 nitrogen and oxygen atoms in total. The Balaban J connectivity index is 2.41. The van der Waals surface area contributed by atoms with E-state index in [2.05, 4.69) is 39.2 Å². The third kappa shape index (κ3) is 1.11. The van der Waals surface area contributed by atoms with Crippen molar-refractivity contribution in [3.63, 3.8) is 0 Å². The molecule has 0 aliphatic heterocycles. The molecule has 0 fully saturated rings. The molecule has 0 saturated carbocycles. The first-order chi connectivity index (χ1) is 8.43. The van der Waals surface area contributed by atoms with Crippen molar-refractivity contribution in [2.24, 2.45) is 0 Å². The van der Waals surface area contributed by atoms with E-state index in [-0.39, 0.29) is 0 Å². The predicted octanol–water partition coefficient (Wildman–Crippen LogP) is 2.68. The monoisotopic (exact) mass is 220 g/mol. The zero-order chi connectivity index (χ0) is 11.2. The molecule has 0 aliphatic rings. The third-order valence-electron chi connectivity index (χ3n) is 3.20. The van der Waals surface area contributed by atoms with Gasteiger partial charge in [-0.05, 0) is 24.3 Å². The topological polar surface area (TPSA) is 42.8 Å². The molecule has 0 spiro atoms. The van der Waals surface area contributed by atoms with Gasteiger partial charge in [-0.2, -0.15) is 0 Å². The first kappa shape index (κ1) is 8.70. The van der Waals surface area contributed by atoms with Crippen LogP contribution < -0.4 is 4.98 Å². The Kier molecular flexibility index (Phi) is 1.56. The van der Waals surface area contributed by atoms with Crippen LogP contribution in [0.25, 0.3) is 32.7 Å². The number of benzene rings is 1. The molecule has 0 atom stereocenters. The van der Waals surface area contributed by atoms with Gasteiger partial charge in [-0.1, -0.05) is 0 Å². The molecule has 3 heteroatoms. The molecule has 0 saturated heterocycles. The summed E-state index contributed by atoms with van der Waals surface area (Å²) in [6.07, 6.45) is 5.78. The van der Waals surface area contributed by atoms with Crippen LogP contribution in [0.4, 0.5) is 0 Å². The van der Waals surface area contributed by atoms with Gasteiger partial charge in [0.2, 0.25) is 5.52 Å². The first-order valence-corrected chi connectivity index (χ1v) is 5.59.